The highest BCUT2D eigenvalue weighted by Crippen LogP contribution is 2.47. The summed E-state index contributed by atoms with van der Waals surface area (Å²) in [6.07, 6.45) is 7.08. The number of nitrogens with zero attached hydrogens (tertiary/aromatic N) is 3. The summed E-state index contributed by atoms with van der Waals surface area (Å²) < 4.78 is 62.2. The summed E-state index contributed by atoms with van der Waals surface area (Å²) in [5.74, 6) is -4.29. The van der Waals surface area contributed by atoms with Crippen molar-refractivity contribution < 1.29 is 41.1 Å². The van der Waals surface area contributed by atoms with E-state index in [1.54, 1.807) is 13.0 Å². The van der Waals surface area contributed by atoms with E-state index in [0.717, 1.165) is 18.6 Å². The summed E-state index contributed by atoms with van der Waals surface area (Å²) in [6, 6.07) is 7.02. The van der Waals surface area contributed by atoms with Gasteiger partial charge in [-0.3, -0.25) is 23.9 Å². The molecule has 55 heavy (non-hydrogen) atoms. The molecule has 292 valence electrons. The first-order valence-electron chi connectivity index (χ1n) is 18.8. The highest BCUT2D eigenvalue weighted by atomic mass is 32.2. The zero-order chi connectivity index (χ0) is 39.1. The van der Waals surface area contributed by atoms with Crippen molar-refractivity contribution in [2.24, 2.45) is 5.92 Å². The van der Waals surface area contributed by atoms with E-state index in [0.29, 0.717) is 49.7 Å². The molecule has 2 aromatic carbocycles. The van der Waals surface area contributed by atoms with Crippen LogP contribution in [0.3, 0.4) is 0 Å². The van der Waals surface area contributed by atoms with Crippen molar-refractivity contribution in [3.05, 3.63) is 77.5 Å². The number of hydrogen-bond donors (Lipinski definition) is 3. The second-order valence-electron chi connectivity index (χ2n) is 15.2. The van der Waals surface area contributed by atoms with Crippen LogP contribution in [0, 0.1) is 17.6 Å². The molecule has 4 amide bonds. The van der Waals surface area contributed by atoms with Gasteiger partial charge in [0.25, 0.3) is 11.8 Å². The van der Waals surface area contributed by atoms with Gasteiger partial charge in [-0.25, -0.2) is 27.2 Å². The van der Waals surface area contributed by atoms with Crippen LogP contribution >= 0.6 is 0 Å². The third-order valence-electron chi connectivity index (χ3n) is 11.2. The predicted molar refractivity (Wildman–Crippen MR) is 197 cm³/mol. The summed E-state index contributed by atoms with van der Waals surface area (Å²) in [4.78, 5) is 66.4. The number of sulfonamides is 1. The molecule has 16 heteroatoms. The molecule has 3 fully saturated rings. The first kappa shape index (κ1) is 38.3. The molecule has 3 aromatic rings. The van der Waals surface area contributed by atoms with Crippen molar-refractivity contribution in [1.82, 2.24) is 30.2 Å². The van der Waals surface area contributed by atoms with Crippen LogP contribution in [0.5, 0.6) is 5.88 Å². The highest BCUT2D eigenvalue weighted by Gasteiger charge is 2.63. The molecule has 1 saturated heterocycles. The number of halogens is 2. The van der Waals surface area contributed by atoms with E-state index in [9.17, 15) is 36.4 Å². The maximum absolute atomic E-state index is 14.8. The smallest absolute Gasteiger partial charge is 0.259 e. The van der Waals surface area contributed by atoms with Crippen LogP contribution in [-0.4, -0.2) is 81.9 Å². The molecule has 7 rings (SSSR count). The molecule has 5 atom stereocenters. The van der Waals surface area contributed by atoms with E-state index in [4.69, 9.17) is 4.74 Å². The van der Waals surface area contributed by atoms with Crippen LogP contribution in [-0.2, 0) is 30.8 Å². The Hall–Kier alpha value is -4.99. The Morgan fingerprint density at radius 1 is 1.05 bits per heavy atom. The summed E-state index contributed by atoms with van der Waals surface area (Å²) in [7, 11) is -4.03. The number of carbonyl (C=O) groups is 4. The molecule has 3 N–H and O–H groups in total. The lowest BCUT2D eigenvalue weighted by molar-refractivity contribution is -0.141. The fourth-order valence-corrected chi connectivity index (χ4v) is 8.65. The number of para-hydroxylation sites is 1. The zero-order valence-electron chi connectivity index (χ0n) is 30.6. The van der Waals surface area contributed by atoms with Gasteiger partial charge >= 0.3 is 0 Å². The van der Waals surface area contributed by atoms with Gasteiger partial charge in [0.2, 0.25) is 27.7 Å². The van der Waals surface area contributed by atoms with Crippen molar-refractivity contribution in [2.75, 3.05) is 6.54 Å². The van der Waals surface area contributed by atoms with Crippen LogP contribution in [0.1, 0.15) is 87.7 Å². The van der Waals surface area contributed by atoms with Crippen LogP contribution in [0.4, 0.5) is 8.78 Å². The molecule has 0 spiro atoms. The van der Waals surface area contributed by atoms with Gasteiger partial charge in [0.05, 0.1) is 16.8 Å². The Kier molecular flexibility index (Phi) is 10.4. The van der Waals surface area contributed by atoms with Gasteiger partial charge in [-0.05, 0) is 88.3 Å². The lowest BCUT2D eigenvalue weighted by Gasteiger charge is -2.30. The molecule has 3 heterocycles. The fourth-order valence-electron chi connectivity index (χ4n) is 7.34. The first-order chi connectivity index (χ1) is 26.2. The van der Waals surface area contributed by atoms with Crippen LogP contribution < -0.4 is 20.1 Å². The van der Waals surface area contributed by atoms with E-state index >= 15 is 0 Å². The Morgan fingerprint density at radius 3 is 2.55 bits per heavy atom. The number of allylic oxidation sites excluding steroid dienone is 1. The Balaban J connectivity index is 1.21. The number of rotatable bonds is 8. The molecule has 1 aromatic heterocycles. The van der Waals surface area contributed by atoms with Crippen LogP contribution in [0.2, 0.25) is 0 Å². The van der Waals surface area contributed by atoms with Crippen molar-refractivity contribution >= 4 is 44.7 Å². The largest absolute Gasteiger partial charge is 0.471 e. The summed E-state index contributed by atoms with van der Waals surface area (Å²) in [6.45, 7) is 3.27. The molecule has 13 nitrogen and oxygen atoms in total. The lowest BCUT2D eigenvalue weighted by atomic mass is 10.0. The molecular weight excluding hydrogens is 735 g/mol. The maximum Gasteiger partial charge on any atom is 0.259 e. The van der Waals surface area contributed by atoms with Crippen molar-refractivity contribution in [2.45, 2.75) is 107 Å². The van der Waals surface area contributed by atoms with E-state index in [2.05, 4.69) is 25.3 Å². The average molecular weight is 779 g/mol. The van der Waals surface area contributed by atoms with E-state index in [1.807, 2.05) is 19.1 Å². The average Bonchev–Trinajstić information content (AvgIpc) is 4.04. The minimum atomic E-state index is -4.03. The van der Waals surface area contributed by atoms with Gasteiger partial charge in [0.15, 0.2) is 5.82 Å². The Labute approximate surface area is 317 Å². The normalized spacial score (nSPS) is 27.1. The van der Waals surface area contributed by atoms with E-state index in [1.165, 1.54) is 29.2 Å². The van der Waals surface area contributed by atoms with Gasteiger partial charge in [-0.1, -0.05) is 38.0 Å². The van der Waals surface area contributed by atoms with Gasteiger partial charge in [-0.15, -0.1) is 0 Å². The van der Waals surface area contributed by atoms with E-state index < -0.39 is 79.7 Å². The zero-order valence-corrected chi connectivity index (χ0v) is 31.5. The van der Waals surface area contributed by atoms with Crippen molar-refractivity contribution in [3.63, 3.8) is 0 Å². The number of aryl methyl sites for hydroxylation is 1. The number of aromatic nitrogens is 2. The molecule has 2 aliphatic heterocycles. The van der Waals surface area contributed by atoms with Crippen molar-refractivity contribution in [1.29, 1.82) is 0 Å². The lowest BCUT2D eigenvalue weighted by Crippen LogP contribution is -2.58. The van der Waals surface area contributed by atoms with Gasteiger partial charge in [-0.2, -0.15) is 0 Å². The van der Waals surface area contributed by atoms with Crippen LogP contribution in [0.25, 0.3) is 11.0 Å². The molecule has 1 unspecified atom stereocenters. The standard InChI is InChI=1S/C39H44F2N6O7S/c1-3-28-35(44-32-27(41)11-9-13-29(32)42-28)54-26-20-31-34(49)45-39(37(51)46-55(52,53)38(2)18-19-38)21-24(39)10-7-5-4-6-8-12-30(36(50)47(31)22-26)43-33(48)23-14-16-25(40)17-15-23/h7,9-11,13-17,24,26,30-31H,3-6,8,12,18-22H2,1-2H3,(H,43,48)(H,45,49)(H,46,51)/b10-7-/t24?,26-,30+,31+,39-/m1/s1. The Morgan fingerprint density at radius 2 is 1.82 bits per heavy atom. The molecule has 2 saturated carbocycles. The molecule has 0 bridgehead atoms. The summed E-state index contributed by atoms with van der Waals surface area (Å²) in [5, 5.41) is 5.62. The molecule has 0 radical (unpaired) electrons. The third kappa shape index (κ3) is 7.78. The number of benzene rings is 2. The summed E-state index contributed by atoms with van der Waals surface area (Å²) in [5.41, 5.74) is -0.657. The second kappa shape index (κ2) is 14.9. The first-order valence-corrected chi connectivity index (χ1v) is 20.3. The minimum Gasteiger partial charge on any atom is -0.471 e. The number of carbonyl (C=O) groups excluding carboxylic acids is 4. The quantitative estimate of drug-likeness (QED) is 0.285. The number of amides is 4. The molecule has 2 aliphatic carbocycles. The SMILES string of the molecule is CCc1nc2cccc(F)c2nc1O[C@@H]1C[C@H]2C(=O)N[C@]3(C(=O)NS(=O)(=O)C4(C)CC4)CC3/C=C\CCCCC[C@H](NC(=O)c3ccc(F)cc3)C(=O)N2C1. The predicted octanol–water partition coefficient (Wildman–Crippen LogP) is 4.01. The monoisotopic (exact) mass is 778 g/mol. The highest BCUT2D eigenvalue weighted by molar-refractivity contribution is 7.91. The van der Waals surface area contributed by atoms with Gasteiger partial charge in [0, 0.05) is 17.9 Å². The number of ether oxygens (including phenoxy) is 1. The van der Waals surface area contributed by atoms with Gasteiger partial charge in [0.1, 0.15) is 40.8 Å². The number of nitrogens with one attached hydrogen (secondary N) is 3. The maximum atomic E-state index is 14.8. The Bertz CT molecular complexity index is 2160. The topological polar surface area (TPSA) is 177 Å². The van der Waals surface area contributed by atoms with Crippen LogP contribution in [0.15, 0.2) is 54.6 Å². The number of fused-ring (bicyclic) bond motifs is 3. The molecule has 4 aliphatic rings. The summed E-state index contributed by atoms with van der Waals surface area (Å²) >= 11 is 0. The minimum absolute atomic E-state index is 0.00396. The second-order valence-corrected chi connectivity index (χ2v) is 17.4. The molecular formula is C39H44F2N6O7S. The van der Waals surface area contributed by atoms with Crippen molar-refractivity contribution in [3.8, 4) is 5.88 Å². The van der Waals surface area contributed by atoms with E-state index in [-0.39, 0.29) is 42.8 Å². The van der Waals surface area contributed by atoms with Gasteiger partial charge < -0.3 is 20.3 Å². The third-order valence-corrected chi connectivity index (χ3v) is 13.3. The fraction of sp³-hybridized carbons (Fsp3) is 0.487. The number of hydrogen-bond acceptors (Lipinski definition) is 9.